The smallest absolute Gasteiger partial charge is 0.416 e. The second kappa shape index (κ2) is 5.21. The highest BCUT2D eigenvalue weighted by atomic mass is 19.4. The molecule has 1 aromatic carbocycles. The lowest BCUT2D eigenvalue weighted by atomic mass is 10.2. The van der Waals surface area contributed by atoms with E-state index in [1.165, 1.54) is 12.1 Å². The van der Waals surface area contributed by atoms with Crippen LogP contribution in [0.1, 0.15) is 18.9 Å². The average molecular weight is 233 g/mol. The monoisotopic (exact) mass is 233 g/mol. The normalized spacial score (nSPS) is 13.6. The predicted molar refractivity (Wildman–Crippen MR) is 55.2 cm³/mol. The third-order valence-corrected chi connectivity index (χ3v) is 2.18. The standard InChI is InChI=1S/C11H14F3NO/c1-2-9(7-15)16-10-5-3-4-8(6-10)11(12,13)14/h3-6,9H,2,7,15H2,1H3. The lowest BCUT2D eigenvalue weighted by Crippen LogP contribution is -2.25. The van der Waals surface area contributed by atoms with Gasteiger partial charge in [-0.3, -0.25) is 0 Å². The molecule has 1 unspecified atom stereocenters. The van der Waals surface area contributed by atoms with Crippen molar-refractivity contribution in [2.24, 2.45) is 5.73 Å². The second-order valence-corrected chi connectivity index (χ2v) is 3.41. The Hall–Kier alpha value is -1.23. The van der Waals surface area contributed by atoms with Crippen molar-refractivity contribution in [1.29, 1.82) is 0 Å². The van der Waals surface area contributed by atoms with Crippen molar-refractivity contribution in [3.8, 4) is 5.75 Å². The molecule has 0 fully saturated rings. The van der Waals surface area contributed by atoms with E-state index in [1.54, 1.807) is 0 Å². The third-order valence-electron chi connectivity index (χ3n) is 2.18. The lowest BCUT2D eigenvalue weighted by molar-refractivity contribution is -0.137. The molecule has 0 aromatic heterocycles. The summed E-state index contributed by atoms with van der Waals surface area (Å²) in [4.78, 5) is 0. The number of hydrogen-bond acceptors (Lipinski definition) is 2. The van der Waals surface area contributed by atoms with E-state index in [1.807, 2.05) is 6.92 Å². The largest absolute Gasteiger partial charge is 0.489 e. The number of hydrogen-bond donors (Lipinski definition) is 1. The van der Waals surface area contributed by atoms with E-state index in [2.05, 4.69) is 0 Å². The molecule has 2 N–H and O–H groups in total. The average Bonchev–Trinajstić information content (AvgIpc) is 2.25. The summed E-state index contributed by atoms with van der Waals surface area (Å²) in [6, 6.07) is 4.81. The number of ether oxygens (including phenoxy) is 1. The minimum Gasteiger partial charge on any atom is -0.489 e. The molecule has 0 bridgehead atoms. The van der Waals surface area contributed by atoms with Crippen LogP contribution in [0.2, 0.25) is 0 Å². The lowest BCUT2D eigenvalue weighted by Gasteiger charge is -2.16. The Bertz CT molecular complexity index is 334. The summed E-state index contributed by atoms with van der Waals surface area (Å²) in [5.41, 5.74) is 4.70. The van der Waals surface area contributed by atoms with Crippen molar-refractivity contribution in [2.75, 3.05) is 6.54 Å². The number of nitrogens with two attached hydrogens (primary N) is 1. The first-order chi connectivity index (χ1) is 7.47. The maximum absolute atomic E-state index is 12.4. The van der Waals surface area contributed by atoms with Gasteiger partial charge >= 0.3 is 6.18 Å². The molecule has 1 atom stereocenters. The molecule has 1 aromatic rings. The maximum atomic E-state index is 12.4. The van der Waals surface area contributed by atoms with Crippen LogP contribution in [0.3, 0.4) is 0 Å². The zero-order valence-electron chi connectivity index (χ0n) is 8.92. The highest BCUT2D eigenvalue weighted by molar-refractivity contribution is 5.30. The molecule has 5 heteroatoms. The van der Waals surface area contributed by atoms with Crippen LogP contribution in [0, 0.1) is 0 Å². The van der Waals surface area contributed by atoms with E-state index >= 15 is 0 Å². The first kappa shape index (κ1) is 12.8. The van der Waals surface area contributed by atoms with Crippen molar-refractivity contribution in [2.45, 2.75) is 25.6 Å². The third kappa shape index (κ3) is 3.41. The summed E-state index contributed by atoms with van der Waals surface area (Å²) in [6.07, 6.45) is -3.93. The van der Waals surface area contributed by atoms with Gasteiger partial charge in [-0.25, -0.2) is 0 Å². The van der Waals surface area contributed by atoms with Gasteiger partial charge in [0, 0.05) is 6.54 Å². The highest BCUT2D eigenvalue weighted by Gasteiger charge is 2.30. The summed E-state index contributed by atoms with van der Waals surface area (Å²) >= 11 is 0. The van der Waals surface area contributed by atoms with Crippen molar-refractivity contribution < 1.29 is 17.9 Å². The number of rotatable bonds is 4. The fourth-order valence-corrected chi connectivity index (χ4v) is 1.24. The molecule has 16 heavy (non-hydrogen) atoms. The molecule has 0 saturated carbocycles. The Kier molecular flexibility index (Phi) is 4.18. The van der Waals surface area contributed by atoms with Gasteiger partial charge in [-0.05, 0) is 24.6 Å². The van der Waals surface area contributed by atoms with E-state index in [0.29, 0.717) is 6.42 Å². The van der Waals surface area contributed by atoms with Gasteiger partial charge in [-0.2, -0.15) is 13.2 Å². The highest BCUT2D eigenvalue weighted by Crippen LogP contribution is 2.31. The molecule has 0 radical (unpaired) electrons. The summed E-state index contributed by atoms with van der Waals surface area (Å²) in [7, 11) is 0. The zero-order chi connectivity index (χ0) is 12.2. The minimum atomic E-state index is -4.34. The van der Waals surface area contributed by atoms with Gasteiger partial charge in [0.2, 0.25) is 0 Å². The van der Waals surface area contributed by atoms with Crippen LogP contribution in [-0.4, -0.2) is 12.6 Å². The van der Waals surface area contributed by atoms with Gasteiger partial charge in [0.1, 0.15) is 11.9 Å². The van der Waals surface area contributed by atoms with Crippen LogP contribution in [0.4, 0.5) is 13.2 Å². The van der Waals surface area contributed by atoms with E-state index in [-0.39, 0.29) is 18.4 Å². The molecule has 0 saturated heterocycles. The Morgan fingerprint density at radius 2 is 2.06 bits per heavy atom. The molecular formula is C11H14F3NO. The number of benzene rings is 1. The first-order valence-corrected chi connectivity index (χ1v) is 5.01. The summed E-state index contributed by atoms with van der Waals surface area (Å²) < 4.78 is 42.5. The summed E-state index contributed by atoms with van der Waals surface area (Å²) in [5, 5.41) is 0. The SMILES string of the molecule is CCC(CN)Oc1cccc(C(F)(F)F)c1. The minimum absolute atomic E-state index is 0.201. The molecule has 0 amide bonds. The Labute approximate surface area is 92.2 Å². The maximum Gasteiger partial charge on any atom is 0.416 e. The van der Waals surface area contributed by atoms with E-state index in [4.69, 9.17) is 10.5 Å². The van der Waals surface area contributed by atoms with Crippen LogP contribution < -0.4 is 10.5 Å². The number of alkyl halides is 3. The van der Waals surface area contributed by atoms with Gasteiger partial charge in [-0.1, -0.05) is 13.0 Å². The van der Waals surface area contributed by atoms with E-state index in [9.17, 15) is 13.2 Å². The van der Waals surface area contributed by atoms with Crippen molar-refractivity contribution >= 4 is 0 Å². The Morgan fingerprint density at radius 3 is 2.56 bits per heavy atom. The van der Waals surface area contributed by atoms with Crippen molar-refractivity contribution in [3.63, 3.8) is 0 Å². The molecule has 2 nitrogen and oxygen atoms in total. The van der Waals surface area contributed by atoms with Gasteiger partial charge in [0.25, 0.3) is 0 Å². The van der Waals surface area contributed by atoms with E-state index in [0.717, 1.165) is 12.1 Å². The van der Waals surface area contributed by atoms with Crippen LogP contribution in [0.5, 0.6) is 5.75 Å². The molecule has 0 heterocycles. The Morgan fingerprint density at radius 1 is 1.38 bits per heavy atom. The molecule has 1 rings (SSSR count). The van der Waals surface area contributed by atoms with Gasteiger partial charge in [-0.15, -0.1) is 0 Å². The molecule has 90 valence electrons. The Balaban J connectivity index is 2.82. The summed E-state index contributed by atoms with van der Waals surface area (Å²) in [6.45, 7) is 2.15. The van der Waals surface area contributed by atoms with E-state index < -0.39 is 11.7 Å². The first-order valence-electron chi connectivity index (χ1n) is 5.01. The fraction of sp³-hybridized carbons (Fsp3) is 0.455. The van der Waals surface area contributed by atoms with Crippen molar-refractivity contribution in [1.82, 2.24) is 0 Å². The van der Waals surface area contributed by atoms with Crippen LogP contribution in [0.15, 0.2) is 24.3 Å². The molecule has 0 aliphatic carbocycles. The summed E-state index contributed by atoms with van der Waals surface area (Å²) in [5.74, 6) is 0.201. The van der Waals surface area contributed by atoms with Crippen LogP contribution >= 0.6 is 0 Å². The van der Waals surface area contributed by atoms with Crippen molar-refractivity contribution in [3.05, 3.63) is 29.8 Å². The van der Waals surface area contributed by atoms with Gasteiger partial charge in [0.15, 0.2) is 0 Å². The number of halogens is 3. The molecular weight excluding hydrogens is 219 g/mol. The second-order valence-electron chi connectivity index (χ2n) is 3.41. The van der Waals surface area contributed by atoms with Gasteiger partial charge in [0.05, 0.1) is 5.56 Å². The molecule has 0 spiro atoms. The zero-order valence-corrected chi connectivity index (χ0v) is 8.92. The van der Waals surface area contributed by atoms with Crippen LogP contribution in [0.25, 0.3) is 0 Å². The van der Waals surface area contributed by atoms with Crippen LogP contribution in [-0.2, 0) is 6.18 Å². The predicted octanol–water partition coefficient (Wildman–Crippen LogP) is 2.82. The molecule has 0 aliphatic rings. The van der Waals surface area contributed by atoms with Gasteiger partial charge < -0.3 is 10.5 Å². The fourth-order valence-electron chi connectivity index (χ4n) is 1.24. The molecule has 0 aliphatic heterocycles. The quantitative estimate of drug-likeness (QED) is 0.867. The topological polar surface area (TPSA) is 35.2 Å².